The zero-order valence-corrected chi connectivity index (χ0v) is 15.3. The van der Waals surface area contributed by atoms with Crippen LogP contribution < -0.4 is 10.2 Å². The Kier molecular flexibility index (Phi) is 4.66. The van der Waals surface area contributed by atoms with Gasteiger partial charge in [-0.2, -0.15) is 18.2 Å². The van der Waals surface area contributed by atoms with Gasteiger partial charge < -0.3 is 10.2 Å². The first-order valence-corrected chi connectivity index (χ1v) is 9.01. The first-order valence-electron chi connectivity index (χ1n) is 9.01. The quantitative estimate of drug-likeness (QED) is 0.681. The molecular weight excluding hydrogens is 365 g/mol. The zero-order chi connectivity index (χ0) is 19.7. The fraction of sp³-hybridized carbons (Fsp3) is 0.238. The Balaban J connectivity index is 1.63. The Labute approximate surface area is 161 Å². The molecule has 3 aromatic rings. The summed E-state index contributed by atoms with van der Waals surface area (Å²) in [7, 11) is 0. The monoisotopic (exact) mass is 384 g/mol. The van der Waals surface area contributed by atoms with E-state index in [2.05, 4.69) is 32.3 Å². The number of benzene rings is 2. The van der Waals surface area contributed by atoms with E-state index in [0.717, 1.165) is 19.0 Å². The summed E-state index contributed by atoms with van der Waals surface area (Å²) >= 11 is 0. The van der Waals surface area contributed by atoms with E-state index < -0.39 is 11.7 Å². The zero-order valence-electron chi connectivity index (χ0n) is 15.3. The van der Waals surface area contributed by atoms with E-state index in [1.165, 1.54) is 23.3 Å². The molecule has 1 aliphatic rings. The summed E-state index contributed by atoms with van der Waals surface area (Å²) in [5, 5.41) is 2.82. The standard InChI is InChI=1S/C21H19F3N4/c1-14-12-19(26-18-9-5-4-8-17(18)21(22,23)24)27-20(25-14)28-11-10-15-6-2-3-7-16(15)13-28/h2-9,12H,10-11,13H2,1H3,(H,25,26,27). The summed E-state index contributed by atoms with van der Waals surface area (Å²) in [5.74, 6) is 0.861. The molecular formula is C21H19F3N4. The average Bonchev–Trinajstić information content (AvgIpc) is 2.67. The molecule has 0 aliphatic carbocycles. The molecule has 0 bridgehead atoms. The van der Waals surface area contributed by atoms with Crippen LogP contribution >= 0.6 is 0 Å². The van der Waals surface area contributed by atoms with E-state index in [1.807, 2.05) is 19.1 Å². The average molecular weight is 384 g/mol. The number of halogens is 3. The van der Waals surface area contributed by atoms with Crippen LogP contribution in [-0.2, 0) is 19.1 Å². The van der Waals surface area contributed by atoms with Gasteiger partial charge in [0.25, 0.3) is 0 Å². The predicted molar refractivity (Wildman–Crippen MR) is 103 cm³/mol. The highest BCUT2D eigenvalue weighted by Crippen LogP contribution is 2.36. The molecule has 7 heteroatoms. The molecule has 1 N–H and O–H groups in total. The lowest BCUT2D eigenvalue weighted by atomic mass is 10.0. The van der Waals surface area contributed by atoms with Crippen molar-refractivity contribution >= 4 is 17.5 Å². The van der Waals surface area contributed by atoms with E-state index in [1.54, 1.807) is 12.1 Å². The first kappa shape index (κ1) is 18.3. The van der Waals surface area contributed by atoms with Crippen molar-refractivity contribution in [2.75, 3.05) is 16.8 Å². The number of alkyl halides is 3. The lowest BCUT2D eigenvalue weighted by Crippen LogP contribution is -2.32. The molecule has 0 atom stereocenters. The van der Waals surface area contributed by atoms with E-state index in [4.69, 9.17) is 0 Å². The molecule has 1 aliphatic heterocycles. The van der Waals surface area contributed by atoms with Gasteiger partial charge in [0.2, 0.25) is 5.95 Å². The van der Waals surface area contributed by atoms with Crippen LogP contribution in [0.2, 0.25) is 0 Å². The van der Waals surface area contributed by atoms with Crippen LogP contribution in [0, 0.1) is 6.92 Å². The number of anilines is 3. The highest BCUT2D eigenvalue weighted by Gasteiger charge is 2.33. The maximum Gasteiger partial charge on any atom is 0.418 e. The van der Waals surface area contributed by atoms with Gasteiger partial charge in [-0.15, -0.1) is 0 Å². The van der Waals surface area contributed by atoms with E-state index in [9.17, 15) is 13.2 Å². The van der Waals surface area contributed by atoms with Gasteiger partial charge in [-0.05, 0) is 36.6 Å². The predicted octanol–water partition coefficient (Wildman–Crippen LogP) is 5.11. The minimum Gasteiger partial charge on any atom is -0.340 e. The molecule has 0 amide bonds. The molecule has 0 radical (unpaired) electrons. The number of nitrogens with one attached hydrogen (secondary N) is 1. The van der Waals surface area contributed by atoms with Crippen LogP contribution in [0.15, 0.2) is 54.6 Å². The van der Waals surface area contributed by atoms with Gasteiger partial charge in [0.05, 0.1) is 11.3 Å². The topological polar surface area (TPSA) is 41.1 Å². The maximum absolute atomic E-state index is 13.3. The van der Waals surface area contributed by atoms with Gasteiger partial charge in [0.1, 0.15) is 5.82 Å². The lowest BCUT2D eigenvalue weighted by molar-refractivity contribution is -0.136. The number of para-hydroxylation sites is 1. The normalized spacial score (nSPS) is 13.9. The van der Waals surface area contributed by atoms with E-state index in [-0.39, 0.29) is 5.69 Å². The second kappa shape index (κ2) is 7.14. The SMILES string of the molecule is Cc1cc(Nc2ccccc2C(F)(F)F)nc(N2CCc3ccccc3C2)n1. The number of hydrogen-bond donors (Lipinski definition) is 1. The Morgan fingerprint density at radius 2 is 1.68 bits per heavy atom. The highest BCUT2D eigenvalue weighted by molar-refractivity contribution is 5.62. The minimum absolute atomic E-state index is 0.0250. The molecule has 4 rings (SSSR count). The first-order chi connectivity index (χ1) is 13.4. The Morgan fingerprint density at radius 1 is 0.964 bits per heavy atom. The second-order valence-electron chi connectivity index (χ2n) is 6.80. The Morgan fingerprint density at radius 3 is 2.46 bits per heavy atom. The maximum atomic E-state index is 13.3. The molecule has 0 saturated heterocycles. The molecule has 0 spiro atoms. The number of hydrogen-bond acceptors (Lipinski definition) is 4. The van der Waals surface area contributed by atoms with Crippen LogP contribution in [0.25, 0.3) is 0 Å². The summed E-state index contributed by atoms with van der Waals surface area (Å²) in [6, 6.07) is 15.3. The van der Waals surface area contributed by atoms with Gasteiger partial charge in [0, 0.05) is 24.8 Å². The largest absolute Gasteiger partial charge is 0.418 e. The molecule has 144 valence electrons. The molecule has 2 aromatic carbocycles. The highest BCUT2D eigenvalue weighted by atomic mass is 19.4. The fourth-order valence-electron chi connectivity index (χ4n) is 3.40. The van der Waals surface area contributed by atoms with Crippen molar-refractivity contribution in [2.24, 2.45) is 0 Å². The smallest absolute Gasteiger partial charge is 0.340 e. The third-order valence-electron chi connectivity index (χ3n) is 4.75. The van der Waals surface area contributed by atoms with Gasteiger partial charge in [0.15, 0.2) is 0 Å². The van der Waals surface area contributed by atoms with Gasteiger partial charge in [-0.25, -0.2) is 4.98 Å². The summed E-state index contributed by atoms with van der Waals surface area (Å²) in [6.45, 7) is 3.25. The lowest BCUT2D eigenvalue weighted by Gasteiger charge is -2.29. The third kappa shape index (κ3) is 3.78. The summed E-state index contributed by atoms with van der Waals surface area (Å²) in [6.07, 6.45) is -3.56. The number of aryl methyl sites for hydroxylation is 1. The summed E-state index contributed by atoms with van der Waals surface area (Å²) in [4.78, 5) is 11.0. The fourth-order valence-corrected chi connectivity index (χ4v) is 3.40. The van der Waals surface area contributed by atoms with Crippen LogP contribution in [0.3, 0.4) is 0 Å². The second-order valence-corrected chi connectivity index (χ2v) is 6.80. The molecule has 4 nitrogen and oxygen atoms in total. The molecule has 1 aromatic heterocycles. The van der Waals surface area contributed by atoms with Crippen LogP contribution in [0.4, 0.5) is 30.6 Å². The minimum atomic E-state index is -4.44. The number of aromatic nitrogens is 2. The van der Waals surface area contributed by atoms with Crippen LogP contribution in [0.5, 0.6) is 0 Å². The number of fused-ring (bicyclic) bond motifs is 1. The van der Waals surface area contributed by atoms with Crippen LogP contribution in [0.1, 0.15) is 22.4 Å². The number of rotatable bonds is 3. The van der Waals surface area contributed by atoms with Crippen molar-refractivity contribution in [3.63, 3.8) is 0 Å². The van der Waals surface area contributed by atoms with E-state index in [0.29, 0.717) is 24.0 Å². The van der Waals surface area contributed by atoms with Crippen molar-refractivity contribution in [3.05, 3.63) is 77.0 Å². The van der Waals surface area contributed by atoms with Crippen LogP contribution in [-0.4, -0.2) is 16.5 Å². The Hall–Kier alpha value is -3.09. The molecule has 0 saturated carbocycles. The molecule has 0 unspecified atom stereocenters. The van der Waals surface area contributed by atoms with Gasteiger partial charge in [-0.1, -0.05) is 36.4 Å². The third-order valence-corrected chi connectivity index (χ3v) is 4.75. The number of nitrogens with zero attached hydrogens (tertiary/aromatic N) is 3. The summed E-state index contributed by atoms with van der Waals surface area (Å²) in [5.41, 5.74) is 2.47. The summed E-state index contributed by atoms with van der Waals surface area (Å²) < 4.78 is 39.8. The van der Waals surface area contributed by atoms with Crippen molar-refractivity contribution < 1.29 is 13.2 Å². The molecule has 2 heterocycles. The van der Waals surface area contributed by atoms with Crippen molar-refractivity contribution in [1.82, 2.24) is 9.97 Å². The molecule has 28 heavy (non-hydrogen) atoms. The van der Waals surface area contributed by atoms with Gasteiger partial charge >= 0.3 is 6.18 Å². The Bertz CT molecular complexity index is 1000. The van der Waals surface area contributed by atoms with Crippen molar-refractivity contribution in [2.45, 2.75) is 26.1 Å². The molecule has 0 fully saturated rings. The van der Waals surface area contributed by atoms with Crippen molar-refractivity contribution in [1.29, 1.82) is 0 Å². The van der Waals surface area contributed by atoms with Crippen molar-refractivity contribution in [3.8, 4) is 0 Å². The van der Waals surface area contributed by atoms with E-state index >= 15 is 0 Å². The van der Waals surface area contributed by atoms with Gasteiger partial charge in [-0.3, -0.25) is 0 Å².